The molecule has 0 bridgehead atoms. The van der Waals surface area contributed by atoms with Crippen LogP contribution in [0.4, 0.5) is 0 Å². The molecule has 0 spiro atoms. The minimum atomic E-state index is 0.610. The Morgan fingerprint density at radius 1 is 0.962 bits per heavy atom. The lowest BCUT2D eigenvalue weighted by atomic mass is 10.0. The van der Waals surface area contributed by atoms with E-state index in [2.05, 4.69) is 63.4 Å². The molecule has 0 N–H and O–H groups in total. The zero-order chi connectivity index (χ0) is 17.8. The van der Waals surface area contributed by atoms with E-state index in [-0.39, 0.29) is 0 Å². The predicted molar refractivity (Wildman–Crippen MR) is 111 cm³/mol. The summed E-state index contributed by atoms with van der Waals surface area (Å²) in [6.45, 7) is 11.9. The van der Waals surface area contributed by atoms with Crippen molar-refractivity contribution >= 4 is 11.3 Å². The van der Waals surface area contributed by atoms with Crippen molar-refractivity contribution in [1.82, 2.24) is 14.7 Å². The van der Waals surface area contributed by atoms with E-state index in [4.69, 9.17) is 0 Å². The van der Waals surface area contributed by atoms with Crippen molar-refractivity contribution in [3.8, 4) is 0 Å². The van der Waals surface area contributed by atoms with E-state index < -0.39 is 0 Å². The number of fused-ring (bicyclic) bond motifs is 1. The van der Waals surface area contributed by atoms with Gasteiger partial charge >= 0.3 is 0 Å². The first-order chi connectivity index (χ1) is 12.8. The van der Waals surface area contributed by atoms with E-state index in [1.807, 2.05) is 11.3 Å². The maximum absolute atomic E-state index is 2.74. The summed E-state index contributed by atoms with van der Waals surface area (Å²) >= 11 is 1.94. The van der Waals surface area contributed by atoms with Gasteiger partial charge in [-0.15, -0.1) is 11.3 Å². The van der Waals surface area contributed by atoms with Crippen LogP contribution in [0.15, 0.2) is 41.8 Å². The molecule has 1 fully saturated rings. The Morgan fingerprint density at radius 3 is 2.50 bits per heavy atom. The SMILES string of the molecule is CCN1CCN(C[C@@H](Cc2ccccc2)N2CCc3sccc3C2)CC1. The molecule has 4 rings (SSSR count). The molecule has 0 amide bonds. The van der Waals surface area contributed by atoms with E-state index in [0.717, 1.165) is 13.0 Å². The Bertz CT molecular complexity index is 676. The Balaban J connectivity index is 1.45. The van der Waals surface area contributed by atoms with Gasteiger partial charge in [0.25, 0.3) is 0 Å². The summed E-state index contributed by atoms with van der Waals surface area (Å²) in [5.41, 5.74) is 3.04. The van der Waals surface area contributed by atoms with Crippen molar-refractivity contribution in [1.29, 1.82) is 0 Å². The van der Waals surface area contributed by atoms with Crippen molar-refractivity contribution in [2.24, 2.45) is 0 Å². The fourth-order valence-electron chi connectivity index (χ4n) is 4.36. The lowest BCUT2D eigenvalue weighted by Crippen LogP contribution is -2.52. The molecule has 1 saturated heterocycles. The summed E-state index contributed by atoms with van der Waals surface area (Å²) in [5.74, 6) is 0. The third-order valence-electron chi connectivity index (χ3n) is 6.05. The molecule has 0 saturated carbocycles. The molecule has 0 unspecified atom stereocenters. The number of nitrogens with zero attached hydrogens (tertiary/aromatic N) is 3. The summed E-state index contributed by atoms with van der Waals surface area (Å²) in [5, 5.41) is 2.27. The normalized spacial score (nSPS) is 20.8. The maximum atomic E-state index is 2.74. The Kier molecular flexibility index (Phi) is 6.05. The Hall–Kier alpha value is -1.20. The fourth-order valence-corrected chi connectivity index (χ4v) is 5.25. The molecule has 1 aromatic heterocycles. The number of thiophene rings is 1. The molecule has 1 aromatic carbocycles. The Morgan fingerprint density at radius 2 is 1.73 bits per heavy atom. The third kappa shape index (κ3) is 4.37. The summed E-state index contributed by atoms with van der Waals surface area (Å²) in [6, 6.07) is 14.0. The average Bonchev–Trinajstić information content (AvgIpc) is 3.17. The first-order valence-electron chi connectivity index (χ1n) is 10.1. The minimum Gasteiger partial charge on any atom is -0.301 e. The zero-order valence-electron chi connectivity index (χ0n) is 15.9. The Labute approximate surface area is 162 Å². The topological polar surface area (TPSA) is 9.72 Å². The predicted octanol–water partition coefficient (Wildman–Crippen LogP) is 3.36. The first kappa shape index (κ1) is 18.2. The standard InChI is InChI=1S/C22H31N3S/c1-2-23-11-13-24(14-12-23)18-21(16-19-6-4-3-5-7-19)25-10-8-22-20(17-25)9-15-26-22/h3-7,9,15,21H,2,8,10-14,16-18H2,1H3/t21-/m1/s1. The van der Waals surface area contributed by atoms with Crippen LogP contribution in [0.3, 0.4) is 0 Å². The van der Waals surface area contributed by atoms with Crippen LogP contribution in [0, 0.1) is 0 Å². The van der Waals surface area contributed by atoms with Gasteiger partial charge in [0.1, 0.15) is 0 Å². The summed E-state index contributed by atoms with van der Waals surface area (Å²) in [4.78, 5) is 9.62. The number of rotatable bonds is 6. The van der Waals surface area contributed by atoms with Crippen LogP contribution in [0.25, 0.3) is 0 Å². The van der Waals surface area contributed by atoms with E-state index in [9.17, 15) is 0 Å². The van der Waals surface area contributed by atoms with E-state index in [1.165, 1.54) is 57.8 Å². The highest BCUT2D eigenvalue weighted by molar-refractivity contribution is 7.10. The van der Waals surface area contributed by atoms with Crippen molar-refractivity contribution < 1.29 is 0 Å². The van der Waals surface area contributed by atoms with Crippen molar-refractivity contribution in [2.75, 3.05) is 45.8 Å². The lowest BCUT2D eigenvalue weighted by molar-refractivity contribution is 0.0860. The van der Waals surface area contributed by atoms with Crippen LogP contribution in [-0.4, -0.2) is 66.6 Å². The van der Waals surface area contributed by atoms with Gasteiger partial charge in [0, 0.05) is 56.7 Å². The van der Waals surface area contributed by atoms with Gasteiger partial charge in [-0.1, -0.05) is 37.3 Å². The zero-order valence-corrected chi connectivity index (χ0v) is 16.8. The molecule has 26 heavy (non-hydrogen) atoms. The van der Waals surface area contributed by atoms with Crippen LogP contribution in [-0.2, 0) is 19.4 Å². The number of piperazine rings is 1. The molecule has 4 heteroatoms. The molecule has 140 valence electrons. The number of benzene rings is 1. The number of likely N-dealkylation sites (N-methyl/N-ethyl adjacent to an activating group) is 1. The molecule has 3 nitrogen and oxygen atoms in total. The minimum absolute atomic E-state index is 0.610. The monoisotopic (exact) mass is 369 g/mol. The summed E-state index contributed by atoms with van der Waals surface area (Å²) in [7, 11) is 0. The molecule has 0 radical (unpaired) electrons. The highest BCUT2D eigenvalue weighted by Gasteiger charge is 2.27. The quantitative estimate of drug-likeness (QED) is 0.773. The highest BCUT2D eigenvalue weighted by Crippen LogP contribution is 2.26. The van der Waals surface area contributed by atoms with E-state index in [1.54, 1.807) is 10.4 Å². The van der Waals surface area contributed by atoms with Gasteiger partial charge < -0.3 is 4.90 Å². The van der Waals surface area contributed by atoms with Crippen LogP contribution < -0.4 is 0 Å². The van der Waals surface area contributed by atoms with Gasteiger partial charge in [0.05, 0.1) is 0 Å². The molecule has 3 heterocycles. The smallest absolute Gasteiger partial charge is 0.0267 e. The second-order valence-electron chi connectivity index (χ2n) is 7.67. The molecule has 0 aliphatic carbocycles. The molecular formula is C22H31N3S. The molecule has 2 aromatic rings. The van der Waals surface area contributed by atoms with Crippen LogP contribution >= 0.6 is 11.3 Å². The maximum Gasteiger partial charge on any atom is 0.0267 e. The molecule has 2 aliphatic rings. The van der Waals surface area contributed by atoms with Crippen molar-refractivity contribution in [2.45, 2.75) is 32.4 Å². The summed E-state index contributed by atoms with van der Waals surface area (Å²) in [6.07, 6.45) is 2.39. The third-order valence-corrected chi connectivity index (χ3v) is 7.07. The van der Waals surface area contributed by atoms with E-state index in [0.29, 0.717) is 6.04 Å². The highest BCUT2D eigenvalue weighted by atomic mass is 32.1. The molecule has 1 atom stereocenters. The molecule has 2 aliphatic heterocycles. The van der Waals surface area contributed by atoms with Crippen LogP contribution in [0.1, 0.15) is 22.9 Å². The second-order valence-corrected chi connectivity index (χ2v) is 8.67. The van der Waals surface area contributed by atoms with Gasteiger partial charge in [-0.25, -0.2) is 0 Å². The second kappa shape index (κ2) is 8.66. The van der Waals surface area contributed by atoms with Crippen LogP contribution in [0.2, 0.25) is 0 Å². The van der Waals surface area contributed by atoms with Gasteiger partial charge in [0.2, 0.25) is 0 Å². The van der Waals surface area contributed by atoms with Crippen molar-refractivity contribution in [3.05, 3.63) is 57.8 Å². The van der Waals surface area contributed by atoms with Gasteiger partial charge in [-0.2, -0.15) is 0 Å². The van der Waals surface area contributed by atoms with Crippen molar-refractivity contribution in [3.63, 3.8) is 0 Å². The first-order valence-corrected chi connectivity index (χ1v) is 11.0. The largest absolute Gasteiger partial charge is 0.301 e. The lowest BCUT2D eigenvalue weighted by Gasteiger charge is -2.40. The number of hydrogen-bond acceptors (Lipinski definition) is 4. The fraction of sp³-hybridized carbons (Fsp3) is 0.545. The van der Waals surface area contributed by atoms with E-state index >= 15 is 0 Å². The summed E-state index contributed by atoms with van der Waals surface area (Å²) < 4.78 is 0. The molecular weight excluding hydrogens is 338 g/mol. The number of hydrogen-bond donors (Lipinski definition) is 0. The average molecular weight is 370 g/mol. The van der Waals surface area contributed by atoms with Gasteiger partial charge in [-0.05, 0) is 42.0 Å². The van der Waals surface area contributed by atoms with Gasteiger partial charge in [-0.3, -0.25) is 9.80 Å². The van der Waals surface area contributed by atoms with Gasteiger partial charge in [0.15, 0.2) is 0 Å². The van der Waals surface area contributed by atoms with Crippen LogP contribution in [0.5, 0.6) is 0 Å².